The molecule has 0 radical (unpaired) electrons. The molecule has 2 aromatic rings. The number of para-hydroxylation sites is 2. The molecule has 1 aliphatic carbocycles. The van der Waals surface area contributed by atoms with Gasteiger partial charge in [-0.25, -0.2) is 0 Å². The van der Waals surface area contributed by atoms with Crippen LogP contribution in [0, 0.1) is 11.8 Å². The number of nitrogens with one attached hydrogen (secondary N) is 2. The molecule has 2 aliphatic heterocycles. The number of ketones is 1. The quantitative estimate of drug-likeness (QED) is 0.620. The summed E-state index contributed by atoms with van der Waals surface area (Å²) in [5, 5.41) is 28.1. The zero-order valence-corrected chi connectivity index (χ0v) is 15.5. The second kappa shape index (κ2) is 5.98. The minimum atomic E-state index is -2.02. The largest absolute Gasteiger partial charge is 0.375 e. The van der Waals surface area contributed by atoms with Crippen molar-refractivity contribution in [1.29, 1.82) is 0 Å². The van der Waals surface area contributed by atoms with Crippen LogP contribution >= 0.6 is 0 Å². The molecular weight excluding hydrogens is 372 g/mol. The fourth-order valence-electron chi connectivity index (χ4n) is 5.10. The third-order valence-corrected chi connectivity index (χ3v) is 6.55. The van der Waals surface area contributed by atoms with E-state index in [0.717, 1.165) is 0 Å². The van der Waals surface area contributed by atoms with Gasteiger partial charge in [0.05, 0.1) is 11.8 Å². The minimum absolute atomic E-state index is 0.299. The van der Waals surface area contributed by atoms with Gasteiger partial charge in [-0.1, -0.05) is 42.8 Å². The van der Waals surface area contributed by atoms with Gasteiger partial charge in [0.2, 0.25) is 0 Å². The van der Waals surface area contributed by atoms with Gasteiger partial charge in [-0.3, -0.25) is 14.4 Å². The summed E-state index contributed by atoms with van der Waals surface area (Å²) >= 11 is 0. The average molecular weight is 392 g/mol. The zero-order chi connectivity index (χ0) is 20.4. The molecule has 0 spiro atoms. The van der Waals surface area contributed by atoms with E-state index < -0.39 is 40.6 Å². The van der Waals surface area contributed by atoms with E-state index in [0.29, 0.717) is 41.8 Å². The Kier molecular flexibility index (Phi) is 3.72. The molecule has 0 aromatic heterocycles. The van der Waals surface area contributed by atoms with Crippen molar-refractivity contribution in [3.8, 4) is 0 Å². The van der Waals surface area contributed by atoms with Crippen molar-refractivity contribution in [1.82, 2.24) is 0 Å². The summed E-state index contributed by atoms with van der Waals surface area (Å²) in [4.78, 5) is 39.0. The number of rotatable bonds is 2. The fourth-order valence-corrected chi connectivity index (χ4v) is 5.10. The van der Waals surface area contributed by atoms with Crippen molar-refractivity contribution in [2.24, 2.45) is 11.8 Å². The van der Waals surface area contributed by atoms with Gasteiger partial charge in [0.25, 0.3) is 11.8 Å². The van der Waals surface area contributed by atoms with Crippen LogP contribution < -0.4 is 10.6 Å². The Balaban J connectivity index is 1.58. The summed E-state index contributed by atoms with van der Waals surface area (Å²) in [6, 6.07) is 13.4. The number of hydrogen-bond donors (Lipinski definition) is 4. The Morgan fingerprint density at radius 3 is 1.59 bits per heavy atom. The normalized spacial score (nSPS) is 33.1. The highest BCUT2D eigenvalue weighted by Gasteiger charge is 2.61. The first-order chi connectivity index (χ1) is 13.9. The Bertz CT molecular complexity index is 985. The van der Waals surface area contributed by atoms with Crippen molar-refractivity contribution in [3.63, 3.8) is 0 Å². The number of carbonyl (C=O) groups excluding carboxylic acids is 3. The minimum Gasteiger partial charge on any atom is -0.375 e. The van der Waals surface area contributed by atoms with E-state index in [-0.39, 0.29) is 0 Å². The molecule has 1 saturated carbocycles. The lowest BCUT2D eigenvalue weighted by Crippen LogP contribution is -2.54. The van der Waals surface area contributed by atoms with E-state index >= 15 is 0 Å². The highest BCUT2D eigenvalue weighted by Crippen LogP contribution is 2.51. The molecule has 2 amide bonds. The summed E-state index contributed by atoms with van der Waals surface area (Å²) in [6.07, 6.45) is 1.09. The second-order valence-electron chi connectivity index (χ2n) is 7.97. The van der Waals surface area contributed by atoms with Crippen LogP contribution in [0.4, 0.5) is 11.4 Å². The van der Waals surface area contributed by atoms with Crippen LogP contribution in [0.5, 0.6) is 0 Å². The van der Waals surface area contributed by atoms with E-state index in [1.807, 2.05) is 0 Å². The van der Waals surface area contributed by atoms with E-state index in [1.54, 1.807) is 48.5 Å². The molecule has 2 aromatic carbocycles. The standard InChI is InChI=1S/C22H20N2O5/c25-18-14(21(28)12-6-1-3-10-16(12)23-19(21)26)8-5-9-15(18)22(29)13-7-2-4-11-17(13)24-20(22)27/h1-4,6-7,10-11,14-15,28-29H,5,8-9H2,(H,23,26)(H,24,27)/t14-,15+,21-,22-/m1/s1. The number of carbonyl (C=O) groups is 3. The topological polar surface area (TPSA) is 116 Å². The molecule has 148 valence electrons. The maximum atomic E-state index is 13.5. The molecule has 4 N–H and O–H groups in total. The van der Waals surface area contributed by atoms with Crippen LogP contribution in [0.25, 0.3) is 0 Å². The van der Waals surface area contributed by atoms with Crippen LogP contribution in [0.15, 0.2) is 48.5 Å². The molecule has 5 rings (SSSR count). The van der Waals surface area contributed by atoms with Crippen LogP contribution in [0.1, 0.15) is 30.4 Å². The lowest BCUT2D eigenvalue weighted by molar-refractivity contribution is -0.164. The molecule has 29 heavy (non-hydrogen) atoms. The maximum absolute atomic E-state index is 13.5. The molecular formula is C22H20N2O5. The molecule has 1 fully saturated rings. The van der Waals surface area contributed by atoms with E-state index in [9.17, 15) is 24.6 Å². The predicted molar refractivity (Wildman–Crippen MR) is 104 cm³/mol. The first-order valence-corrected chi connectivity index (χ1v) is 9.69. The van der Waals surface area contributed by atoms with Crippen LogP contribution in [-0.2, 0) is 25.6 Å². The third-order valence-electron chi connectivity index (χ3n) is 6.55. The number of hydrogen-bond acceptors (Lipinski definition) is 5. The van der Waals surface area contributed by atoms with Crippen molar-refractivity contribution in [3.05, 3.63) is 59.7 Å². The summed E-state index contributed by atoms with van der Waals surface area (Å²) in [6.45, 7) is 0. The molecule has 0 bridgehead atoms. The number of Topliss-reactive ketones (excluding diaryl/α,β-unsaturated/α-hetero) is 1. The van der Waals surface area contributed by atoms with Gasteiger partial charge in [-0.05, 0) is 25.0 Å². The summed E-state index contributed by atoms with van der Waals surface area (Å²) < 4.78 is 0. The predicted octanol–water partition coefficient (Wildman–Crippen LogP) is 1.65. The first kappa shape index (κ1) is 18.0. The lowest BCUT2D eigenvalue weighted by Gasteiger charge is -2.40. The Hall–Kier alpha value is -3.03. The number of fused-ring (bicyclic) bond motifs is 2. The van der Waals surface area contributed by atoms with Gasteiger partial charge in [-0.2, -0.15) is 0 Å². The second-order valence-corrected chi connectivity index (χ2v) is 7.97. The Morgan fingerprint density at radius 2 is 1.14 bits per heavy atom. The molecule has 7 nitrogen and oxygen atoms in total. The van der Waals surface area contributed by atoms with Gasteiger partial charge < -0.3 is 20.8 Å². The van der Waals surface area contributed by atoms with Crippen molar-refractivity contribution < 1.29 is 24.6 Å². The number of benzene rings is 2. The van der Waals surface area contributed by atoms with Crippen LogP contribution in [0.2, 0.25) is 0 Å². The Labute approximate surface area is 166 Å². The summed E-state index contributed by atoms with van der Waals surface area (Å²) in [5.41, 5.74) is -2.39. The van der Waals surface area contributed by atoms with Gasteiger partial charge in [0.15, 0.2) is 11.2 Å². The highest BCUT2D eigenvalue weighted by atomic mass is 16.3. The third kappa shape index (κ3) is 2.22. The molecule has 3 aliphatic rings. The van der Waals surface area contributed by atoms with Gasteiger partial charge in [0.1, 0.15) is 5.78 Å². The first-order valence-electron chi connectivity index (χ1n) is 9.69. The smallest absolute Gasteiger partial charge is 0.261 e. The molecule has 0 unspecified atom stereocenters. The highest BCUT2D eigenvalue weighted by molar-refractivity contribution is 6.11. The SMILES string of the molecule is O=C1[C@H]([C@@]2(O)C(=O)Nc3ccccc32)CCC[C@@H]1[C@@]1(O)C(=O)Nc2ccccc21. The number of anilines is 2. The van der Waals surface area contributed by atoms with Crippen LogP contribution in [0.3, 0.4) is 0 Å². The fraction of sp³-hybridized carbons (Fsp3) is 0.318. The van der Waals surface area contributed by atoms with Gasteiger partial charge >= 0.3 is 0 Å². The molecule has 2 heterocycles. The molecule has 7 heteroatoms. The van der Waals surface area contributed by atoms with Gasteiger partial charge in [0, 0.05) is 22.5 Å². The zero-order valence-electron chi connectivity index (χ0n) is 15.5. The maximum Gasteiger partial charge on any atom is 0.261 e. The molecule has 0 saturated heterocycles. The summed E-state index contributed by atoms with van der Waals surface area (Å²) in [7, 11) is 0. The average Bonchev–Trinajstić information content (AvgIpc) is 3.14. The molecule has 4 atom stereocenters. The van der Waals surface area contributed by atoms with E-state index in [4.69, 9.17) is 0 Å². The summed E-state index contributed by atoms with van der Waals surface area (Å²) in [5.74, 6) is -3.87. The monoisotopic (exact) mass is 392 g/mol. The van der Waals surface area contributed by atoms with Crippen molar-refractivity contribution in [2.75, 3.05) is 10.6 Å². The van der Waals surface area contributed by atoms with Crippen molar-refractivity contribution >= 4 is 29.0 Å². The van der Waals surface area contributed by atoms with E-state index in [1.165, 1.54) is 0 Å². The van der Waals surface area contributed by atoms with Gasteiger partial charge in [-0.15, -0.1) is 0 Å². The number of amides is 2. The van der Waals surface area contributed by atoms with Crippen LogP contribution in [-0.4, -0.2) is 27.8 Å². The Morgan fingerprint density at radius 1 is 0.724 bits per heavy atom. The van der Waals surface area contributed by atoms with E-state index in [2.05, 4.69) is 10.6 Å². The lowest BCUT2D eigenvalue weighted by atomic mass is 9.64. The number of aliphatic hydroxyl groups is 2. The van der Waals surface area contributed by atoms with Crippen molar-refractivity contribution in [2.45, 2.75) is 30.5 Å².